The predicted octanol–water partition coefficient (Wildman–Crippen LogP) is 2.13. The molecule has 0 unspecified atom stereocenters. The third-order valence-electron chi connectivity index (χ3n) is 4.15. The molecule has 1 fully saturated rings. The van der Waals surface area contributed by atoms with Gasteiger partial charge in [0.05, 0.1) is 18.1 Å². The van der Waals surface area contributed by atoms with E-state index in [1.54, 1.807) is 30.8 Å². The van der Waals surface area contributed by atoms with E-state index in [0.717, 1.165) is 4.90 Å². The number of nitrogens with zero attached hydrogens (tertiary/aromatic N) is 1. The molecule has 0 bridgehead atoms. The Morgan fingerprint density at radius 1 is 1.20 bits per heavy atom. The molecule has 1 amide bonds. The van der Waals surface area contributed by atoms with E-state index >= 15 is 0 Å². The van der Waals surface area contributed by atoms with E-state index in [0.29, 0.717) is 18.5 Å². The van der Waals surface area contributed by atoms with Crippen LogP contribution in [0.2, 0.25) is 0 Å². The zero-order chi connectivity index (χ0) is 18.4. The third kappa shape index (κ3) is 5.47. The summed E-state index contributed by atoms with van der Waals surface area (Å²) in [5.74, 6) is -1.06. The summed E-state index contributed by atoms with van der Waals surface area (Å²) in [6.45, 7) is 1.78. The van der Waals surface area contributed by atoms with E-state index in [1.807, 2.05) is 18.4 Å². The fourth-order valence-corrected chi connectivity index (χ4v) is 4.65. The average Bonchev–Trinajstić information content (AvgIpc) is 2.59. The molecule has 1 aromatic rings. The second kappa shape index (κ2) is 8.71. The lowest BCUT2D eigenvalue weighted by atomic mass is 10.0. The molecule has 8 heteroatoms. The molecular weight excluding hydrogens is 362 g/mol. The SMILES string of the molecule is CCOC(=O)CN(C(=O)C1CCS(=O)(=O)CC1)c1ccc(SC)cc1. The van der Waals surface area contributed by atoms with Gasteiger partial charge in [-0.1, -0.05) is 0 Å². The van der Waals surface area contributed by atoms with Gasteiger partial charge in [-0.25, -0.2) is 8.42 Å². The fraction of sp³-hybridized carbons (Fsp3) is 0.529. The van der Waals surface area contributed by atoms with Gasteiger partial charge in [-0.05, 0) is 50.3 Å². The van der Waals surface area contributed by atoms with Crippen molar-refractivity contribution in [2.75, 3.05) is 35.8 Å². The van der Waals surface area contributed by atoms with Crippen molar-refractivity contribution >= 4 is 39.2 Å². The van der Waals surface area contributed by atoms with Crippen molar-refractivity contribution in [1.82, 2.24) is 0 Å². The number of carbonyl (C=O) groups excluding carboxylic acids is 2. The standard InChI is InChI=1S/C17H23NO5S2/c1-3-23-16(19)12-18(14-4-6-15(24-2)7-5-14)17(20)13-8-10-25(21,22)11-9-13/h4-7,13H,3,8-12H2,1-2H3. The minimum atomic E-state index is -3.05. The lowest BCUT2D eigenvalue weighted by Crippen LogP contribution is -2.42. The van der Waals surface area contributed by atoms with E-state index in [4.69, 9.17) is 4.74 Å². The average molecular weight is 386 g/mol. The highest BCUT2D eigenvalue weighted by Gasteiger charge is 2.32. The van der Waals surface area contributed by atoms with Gasteiger partial charge >= 0.3 is 5.97 Å². The highest BCUT2D eigenvalue weighted by molar-refractivity contribution is 7.98. The van der Waals surface area contributed by atoms with Gasteiger partial charge in [-0.15, -0.1) is 11.8 Å². The topological polar surface area (TPSA) is 80.8 Å². The molecular formula is C17H23NO5S2. The Labute approximate surface area is 152 Å². The quantitative estimate of drug-likeness (QED) is 0.551. The van der Waals surface area contributed by atoms with Gasteiger partial charge in [0, 0.05) is 16.5 Å². The summed E-state index contributed by atoms with van der Waals surface area (Å²) >= 11 is 1.59. The minimum absolute atomic E-state index is 0.0159. The predicted molar refractivity (Wildman–Crippen MR) is 98.6 cm³/mol. The number of sulfone groups is 1. The van der Waals surface area contributed by atoms with E-state index in [-0.39, 0.29) is 30.6 Å². The molecule has 0 aromatic heterocycles. The van der Waals surface area contributed by atoms with Crippen LogP contribution in [0.15, 0.2) is 29.2 Å². The monoisotopic (exact) mass is 385 g/mol. The summed E-state index contributed by atoms with van der Waals surface area (Å²) in [4.78, 5) is 27.3. The number of carbonyl (C=O) groups is 2. The number of hydrogen-bond donors (Lipinski definition) is 0. The molecule has 1 aliphatic rings. The fourth-order valence-electron chi connectivity index (χ4n) is 2.75. The first-order valence-corrected chi connectivity index (χ1v) is 11.2. The third-order valence-corrected chi connectivity index (χ3v) is 6.61. The highest BCUT2D eigenvalue weighted by Crippen LogP contribution is 2.26. The van der Waals surface area contributed by atoms with Crippen molar-refractivity contribution in [3.05, 3.63) is 24.3 Å². The lowest BCUT2D eigenvalue weighted by molar-refractivity contribution is -0.142. The Bertz CT molecular complexity index is 701. The minimum Gasteiger partial charge on any atom is -0.465 e. The van der Waals surface area contributed by atoms with Gasteiger partial charge < -0.3 is 9.64 Å². The van der Waals surface area contributed by atoms with Crippen LogP contribution >= 0.6 is 11.8 Å². The molecule has 138 valence electrons. The van der Waals surface area contributed by atoms with E-state index in [2.05, 4.69) is 0 Å². The van der Waals surface area contributed by atoms with Gasteiger partial charge in [-0.3, -0.25) is 9.59 Å². The molecule has 25 heavy (non-hydrogen) atoms. The number of thioether (sulfide) groups is 1. The molecule has 0 saturated carbocycles. The summed E-state index contributed by atoms with van der Waals surface area (Å²) in [5.41, 5.74) is 0.615. The molecule has 0 spiro atoms. The zero-order valence-corrected chi connectivity index (χ0v) is 16.1. The van der Waals surface area contributed by atoms with Crippen molar-refractivity contribution in [3.8, 4) is 0 Å². The summed E-state index contributed by atoms with van der Waals surface area (Å²) < 4.78 is 28.2. The number of hydrogen-bond acceptors (Lipinski definition) is 6. The Balaban J connectivity index is 2.20. The van der Waals surface area contributed by atoms with Crippen LogP contribution in [-0.2, 0) is 24.2 Å². The molecule has 0 N–H and O–H groups in total. The number of rotatable bonds is 6. The molecule has 0 atom stereocenters. The molecule has 1 aromatic carbocycles. The summed E-state index contributed by atoms with van der Waals surface area (Å²) in [6, 6.07) is 7.36. The molecule has 6 nitrogen and oxygen atoms in total. The maximum atomic E-state index is 12.9. The zero-order valence-electron chi connectivity index (χ0n) is 14.4. The van der Waals surface area contributed by atoms with Gasteiger partial charge in [0.1, 0.15) is 16.4 Å². The van der Waals surface area contributed by atoms with Crippen LogP contribution < -0.4 is 4.90 Å². The number of ether oxygens (including phenoxy) is 1. The number of anilines is 1. The Kier molecular flexibility index (Phi) is 6.89. The van der Waals surface area contributed by atoms with Crippen molar-refractivity contribution in [3.63, 3.8) is 0 Å². The first-order valence-electron chi connectivity index (χ1n) is 8.17. The van der Waals surface area contributed by atoms with Crippen LogP contribution in [0.1, 0.15) is 19.8 Å². The summed E-state index contributed by atoms with van der Waals surface area (Å²) in [5, 5.41) is 0. The first kappa shape index (κ1) is 19.8. The van der Waals surface area contributed by atoms with E-state index in [1.165, 1.54) is 4.90 Å². The molecule has 0 radical (unpaired) electrons. The Morgan fingerprint density at radius 3 is 2.32 bits per heavy atom. The summed E-state index contributed by atoms with van der Waals surface area (Å²) in [6.07, 6.45) is 2.55. The van der Waals surface area contributed by atoms with Crippen molar-refractivity contribution in [1.29, 1.82) is 0 Å². The first-order chi connectivity index (χ1) is 11.9. The molecule has 1 aliphatic heterocycles. The largest absolute Gasteiger partial charge is 0.465 e. The van der Waals surface area contributed by atoms with Gasteiger partial charge in [0.2, 0.25) is 5.91 Å². The van der Waals surface area contributed by atoms with E-state index in [9.17, 15) is 18.0 Å². The molecule has 2 rings (SSSR count). The molecule has 1 heterocycles. The van der Waals surface area contributed by atoms with Crippen LogP contribution in [0.25, 0.3) is 0 Å². The van der Waals surface area contributed by atoms with Crippen molar-refractivity contribution in [2.24, 2.45) is 5.92 Å². The van der Waals surface area contributed by atoms with Crippen molar-refractivity contribution in [2.45, 2.75) is 24.7 Å². The Morgan fingerprint density at radius 2 is 1.80 bits per heavy atom. The second-order valence-corrected chi connectivity index (χ2v) is 9.04. The van der Waals surface area contributed by atoms with Crippen LogP contribution in [0, 0.1) is 5.92 Å². The van der Waals surface area contributed by atoms with Crippen LogP contribution in [0.4, 0.5) is 5.69 Å². The number of amides is 1. The normalized spacial score (nSPS) is 17.0. The smallest absolute Gasteiger partial charge is 0.326 e. The van der Waals surface area contributed by atoms with Crippen LogP contribution in [-0.4, -0.2) is 51.2 Å². The molecule has 1 saturated heterocycles. The van der Waals surface area contributed by atoms with Gasteiger partial charge in [0.15, 0.2) is 0 Å². The van der Waals surface area contributed by atoms with E-state index < -0.39 is 21.7 Å². The second-order valence-electron chi connectivity index (χ2n) is 5.85. The van der Waals surface area contributed by atoms with Crippen LogP contribution in [0.3, 0.4) is 0 Å². The maximum Gasteiger partial charge on any atom is 0.326 e. The van der Waals surface area contributed by atoms with Gasteiger partial charge in [0.25, 0.3) is 0 Å². The highest BCUT2D eigenvalue weighted by atomic mass is 32.2. The number of esters is 1. The maximum absolute atomic E-state index is 12.9. The van der Waals surface area contributed by atoms with Gasteiger partial charge in [-0.2, -0.15) is 0 Å². The van der Waals surface area contributed by atoms with Crippen molar-refractivity contribution < 1.29 is 22.7 Å². The number of benzene rings is 1. The lowest BCUT2D eigenvalue weighted by Gasteiger charge is -2.28. The Hall–Kier alpha value is -1.54. The molecule has 0 aliphatic carbocycles. The summed E-state index contributed by atoms with van der Waals surface area (Å²) in [7, 11) is -3.05. The van der Waals surface area contributed by atoms with Crippen LogP contribution in [0.5, 0.6) is 0 Å².